The van der Waals surface area contributed by atoms with E-state index >= 15 is 0 Å². The number of halogens is 1. The van der Waals surface area contributed by atoms with Crippen molar-refractivity contribution in [3.8, 4) is 0 Å². The highest BCUT2D eigenvalue weighted by atomic mass is 35.5. The molecule has 2 aromatic heterocycles. The lowest BCUT2D eigenvalue weighted by atomic mass is 10.2. The average molecular weight is 332 g/mol. The Kier molecular flexibility index (Phi) is 4.73. The van der Waals surface area contributed by atoms with Gasteiger partial charge in [-0.3, -0.25) is 14.7 Å². The van der Waals surface area contributed by atoms with Gasteiger partial charge in [0.1, 0.15) is 5.82 Å². The molecule has 120 valence electrons. The van der Waals surface area contributed by atoms with Gasteiger partial charge in [-0.2, -0.15) is 0 Å². The van der Waals surface area contributed by atoms with Crippen LogP contribution in [0.15, 0.2) is 36.8 Å². The summed E-state index contributed by atoms with van der Waals surface area (Å²) in [4.78, 5) is 24.1. The molecule has 2 N–H and O–H groups in total. The SMILES string of the molecule is NC(=O)c1cnc(N2CCN(Cc3cccnc3)CC2)c(Cl)c1. The Morgan fingerprint density at radius 1 is 1.26 bits per heavy atom. The van der Waals surface area contributed by atoms with Gasteiger partial charge in [0.25, 0.3) is 0 Å². The fourth-order valence-corrected chi connectivity index (χ4v) is 2.95. The number of hydrogen-bond acceptors (Lipinski definition) is 5. The summed E-state index contributed by atoms with van der Waals surface area (Å²) < 4.78 is 0. The van der Waals surface area contributed by atoms with Gasteiger partial charge in [-0.15, -0.1) is 0 Å². The molecular weight excluding hydrogens is 314 g/mol. The van der Waals surface area contributed by atoms with Gasteiger partial charge in [-0.1, -0.05) is 17.7 Å². The number of pyridine rings is 2. The van der Waals surface area contributed by atoms with Crippen LogP contribution in [0.5, 0.6) is 0 Å². The van der Waals surface area contributed by atoms with Crippen molar-refractivity contribution in [1.29, 1.82) is 0 Å². The molecular formula is C16H18ClN5O. The van der Waals surface area contributed by atoms with Crippen molar-refractivity contribution in [2.24, 2.45) is 5.73 Å². The lowest BCUT2D eigenvalue weighted by Crippen LogP contribution is -2.46. The first-order chi connectivity index (χ1) is 11.1. The van der Waals surface area contributed by atoms with Gasteiger partial charge in [0, 0.05) is 51.3 Å². The molecule has 0 spiro atoms. The van der Waals surface area contributed by atoms with Crippen molar-refractivity contribution in [1.82, 2.24) is 14.9 Å². The molecule has 23 heavy (non-hydrogen) atoms. The molecule has 6 nitrogen and oxygen atoms in total. The molecule has 1 aliphatic rings. The van der Waals surface area contributed by atoms with Crippen LogP contribution in [0.4, 0.5) is 5.82 Å². The Labute approximate surface area is 139 Å². The molecule has 3 heterocycles. The van der Waals surface area contributed by atoms with E-state index in [1.807, 2.05) is 12.3 Å². The Hall–Kier alpha value is -2.18. The molecule has 0 bridgehead atoms. The number of rotatable bonds is 4. The Balaban J connectivity index is 1.62. The number of primary amides is 1. The Bertz CT molecular complexity index is 686. The first-order valence-corrected chi connectivity index (χ1v) is 7.83. The molecule has 0 unspecified atom stereocenters. The Morgan fingerprint density at radius 2 is 2.04 bits per heavy atom. The standard InChI is InChI=1S/C16H18ClN5O/c17-14-8-13(15(18)23)10-20-16(14)22-6-4-21(5-7-22)11-12-2-1-3-19-9-12/h1-3,8-10H,4-7,11H2,(H2,18,23). The maximum absolute atomic E-state index is 11.2. The summed E-state index contributed by atoms with van der Waals surface area (Å²) in [5, 5.41) is 0.460. The summed E-state index contributed by atoms with van der Waals surface area (Å²) in [5.41, 5.74) is 6.78. The summed E-state index contributed by atoms with van der Waals surface area (Å²) in [7, 11) is 0. The number of nitrogens with zero attached hydrogens (tertiary/aromatic N) is 4. The third kappa shape index (κ3) is 3.78. The molecule has 0 aliphatic carbocycles. The second kappa shape index (κ2) is 6.93. The minimum absolute atomic E-state index is 0.328. The van der Waals surface area contributed by atoms with Gasteiger partial charge in [-0.25, -0.2) is 4.98 Å². The van der Waals surface area contributed by atoms with Crippen LogP contribution in [0.3, 0.4) is 0 Å². The van der Waals surface area contributed by atoms with E-state index in [0.29, 0.717) is 16.4 Å². The number of nitrogens with two attached hydrogens (primary N) is 1. The third-order valence-corrected chi connectivity index (χ3v) is 4.19. The normalized spacial score (nSPS) is 15.6. The molecule has 0 radical (unpaired) electrons. The van der Waals surface area contributed by atoms with E-state index in [1.54, 1.807) is 12.3 Å². The first-order valence-electron chi connectivity index (χ1n) is 7.45. The largest absolute Gasteiger partial charge is 0.366 e. The van der Waals surface area contributed by atoms with E-state index in [1.165, 1.54) is 11.8 Å². The zero-order valence-electron chi connectivity index (χ0n) is 12.7. The summed E-state index contributed by atoms with van der Waals surface area (Å²) in [5.74, 6) is 0.185. The number of anilines is 1. The van der Waals surface area contributed by atoms with Crippen LogP contribution >= 0.6 is 11.6 Å². The van der Waals surface area contributed by atoms with Crippen LogP contribution in [0.2, 0.25) is 5.02 Å². The lowest BCUT2D eigenvalue weighted by molar-refractivity contribution is 0.1000. The van der Waals surface area contributed by atoms with Crippen molar-refractivity contribution >= 4 is 23.3 Å². The summed E-state index contributed by atoms with van der Waals surface area (Å²) in [6, 6.07) is 5.62. The van der Waals surface area contributed by atoms with E-state index in [0.717, 1.165) is 32.7 Å². The number of amides is 1. The van der Waals surface area contributed by atoms with Crippen LogP contribution in [-0.4, -0.2) is 47.0 Å². The maximum atomic E-state index is 11.2. The highest BCUT2D eigenvalue weighted by Crippen LogP contribution is 2.25. The number of piperazine rings is 1. The summed E-state index contributed by atoms with van der Waals surface area (Å²) in [6.07, 6.45) is 5.16. The predicted molar refractivity (Wildman–Crippen MR) is 89.5 cm³/mol. The fourth-order valence-electron chi connectivity index (χ4n) is 2.67. The van der Waals surface area contributed by atoms with Crippen LogP contribution < -0.4 is 10.6 Å². The zero-order valence-corrected chi connectivity index (χ0v) is 13.4. The molecule has 0 atom stereocenters. The van der Waals surface area contributed by atoms with Crippen molar-refractivity contribution in [2.45, 2.75) is 6.54 Å². The minimum Gasteiger partial charge on any atom is -0.366 e. The second-order valence-corrected chi connectivity index (χ2v) is 5.93. The first kappa shape index (κ1) is 15.7. The fraction of sp³-hybridized carbons (Fsp3) is 0.312. The van der Waals surface area contributed by atoms with Crippen molar-refractivity contribution in [3.05, 3.63) is 52.9 Å². The zero-order chi connectivity index (χ0) is 16.2. The van der Waals surface area contributed by atoms with Gasteiger partial charge < -0.3 is 10.6 Å². The highest BCUT2D eigenvalue weighted by molar-refractivity contribution is 6.33. The van der Waals surface area contributed by atoms with E-state index < -0.39 is 5.91 Å². The van der Waals surface area contributed by atoms with Gasteiger partial charge >= 0.3 is 0 Å². The van der Waals surface area contributed by atoms with Crippen LogP contribution in [-0.2, 0) is 6.54 Å². The Morgan fingerprint density at radius 3 is 2.65 bits per heavy atom. The number of carbonyl (C=O) groups is 1. The van der Waals surface area contributed by atoms with Crippen molar-refractivity contribution in [3.63, 3.8) is 0 Å². The molecule has 1 fully saturated rings. The molecule has 1 saturated heterocycles. The molecule has 1 aliphatic heterocycles. The van der Waals surface area contributed by atoms with E-state index in [4.69, 9.17) is 17.3 Å². The van der Waals surface area contributed by atoms with Crippen LogP contribution in [0.1, 0.15) is 15.9 Å². The molecule has 3 rings (SSSR count). The monoisotopic (exact) mass is 331 g/mol. The van der Waals surface area contributed by atoms with Crippen molar-refractivity contribution in [2.75, 3.05) is 31.1 Å². The lowest BCUT2D eigenvalue weighted by Gasteiger charge is -2.35. The molecule has 1 amide bonds. The van der Waals surface area contributed by atoms with Gasteiger partial charge in [0.15, 0.2) is 0 Å². The van der Waals surface area contributed by atoms with Crippen molar-refractivity contribution < 1.29 is 4.79 Å². The number of hydrogen-bond donors (Lipinski definition) is 1. The average Bonchev–Trinajstić information content (AvgIpc) is 2.56. The van der Waals surface area contributed by atoms with E-state index in [9.17, 15) is 4.79 Å². The van der Waals surface area contributed by atoms with Crippen LogP contribution in [0.25, 0.3) is 0 Å². The molecule has 7 heteroatoms. The topological polar surface area (TPSA) is 75.4 Å². The van der Waals surface area contributed by atoms with Gasteiger partial charge in [0.05, 0.1) is 10.6 Å². The third-order valence-electron chi connectivity index (χ3n) is 3.91. The molecule has 0 saturated carbocycles. The summed E-state index contributed by atoms with van der Waals surface area (Å²) >= 11 is 6.24. The molecule has 0 aromatic carbocycles. The van der Waals surface area contributed by atoms with Crippen LogP contribution in [0, 0.1) is 0 Å². The number of aromatic nitrogens is 2. The minimum atomic E-state index is -0.521. The summed E-state index contributed by atoms with van der Waals surface area (Å²) in [6.45, 7) is 4.41. The quantitative estimate of drug-likeness (QED) is 0.920. The molecule has 2 aromatic rings. The number of carbonyl (C=O) groups excluding carboxylic acids is 1. The highest BCUT2D eigenvalue weighted by Gasteiger charge is 2.20. The second-order valence-electron chi connectivity index (χ2n) is 5.52. The van der Waals surface area contributed by atoms with Gasteiger partial charge in [-0.05, 0) is 17.7 Å². The van der Waals surface area contributed by atoms with Gasteiger partial charge in [0.2, 0.25) is 5.91 Å². The van der Waals surface area contributed by atoms with E-state index in [2.05, 4.69) is 25.8 Å². The smallest absolute Gasteiger partial charge is 0.250 e. The predicted octanol–water partition coefficient (Wildman–Crippen LogP) is 1.55. The maximum Gasteiger partial charge on any atom is 0.250 e. The van der Waals surface area contributed by atoms with E-state index in [-0.39, 0.29) is 0 Å².